The van der Waals surface area contributed by atoms with Crippen LogP contribution in [0.5, 0.6) is 0 Å². The first-order valence-electron chi connectivity index (χ1n) is 10.5. The summed E-state index contributed by atoms with van der Waals surface area (Å²) in [5.74, 6) is -1.21. The van der Waals surface area contributed by atoms with Gasteiger partial charge >= 0.3 is 12.1 Å². The van der Waals surface area contributed by atoms with Crippen LogP contribution in [-0.2, 0) is 27.4 Å². The molecule has 0 fully saturated rings. The van der Waals surface area contributed by atoms with Crippen molar-refractivity contribution in [2.75, 3.05) is 6.54 Å². The van der Waals surface area contributed by atoms with Crippen LogP contribution in [0.1, 0.15) is 30.4 Å². The number of para-hydroxylation sites is 1. The molecule has 0 aliphatic rings. The summed E-state index contributed by atoms with van der Waals surface area (Å²) in [4.78, 5) is 38.7. The minimum atomic E-state index is -1.12. The van der Waals surface area contributed by atoms with Gasteiger partial charge in [-0.15, -0.1) is 0 Å². The van der Waals surface area contributed by atoms with Crippen LogP contribution >= 0.6 is 0 Å². The van der Waals surface area contributed by atoms with Gasteiger partial charge in [0.2, 0.25) is 5.91 Å². The maximum absolute atomic E-state index is 12.2. The van der Waals surface area contributed by atoms with Crippen molar-refractivity contribution in [3.63, 3.8) is 0 Å². The van der Waals surface area contributed by atoms with Gasteiger partial charge in [-0.1, -0.05) is 48.5 Å². The molecule has 0 aliphatic heterocycles. The number of aliphatic carboxylic acids is 1. The van der Waals surface area contributed by atoms with E-state index in [1.165, 1.54) is 0 Å². The molecular formula is C24H27N3O5. The van der Waals surface area contributed by atoms with E-state index < -0.39 is 18.1 Å². The molecule has 0 saturated carbocycles. The first-order valence-corrected chi connectivity index (χ1v) is 10.5. The molecule has 3 aromatic rings. The smallest absolute Gasteiger partial charge is 0.408 e. The molecule has 2 amide bonds. The number of carbonyl (C=O) groups excluding carboxylic acids is 2. The number of carboxylic acid groups (broad SMARTS) is 1. The number of carboxylic acids is 1. The first kappa shape index (κ1) is 22.9. The Bertz CT molecular complexity index is 1050. The van der Waals surface area contributed by atoms with Crippen molar-refractivity contribution in [1.82, 2.24) is 15.6 Å². The average molecular weight is 437 g/mol. The van der Waals surface area contributed by atoms with Crippen molar-refractivity contribution < 1.29 is 24.2 Å². The predicted molar refractivity (Wildman–Crippen MR) is 120 cm³/mol. The molecule has 1 atom stereocenters. The number of H-pyrrole nitrogens is 1. The van der Waals surface area contributed by atoms with Crippen LogP contribution in [0, 0.1) is 0 Å². The van der Waals surface area contributed by atoms with E-state index in [-0.39, 0.29) is 25.4 Å². The van der Waals surface area contributed by atoms with Crippen molar-refractivity contribution in [2.45, 2.75) is 38.3 Å². The lowest BCUT2D eigenvalue weighted by Crippen LogP contribution is -2.41. The quantitative estimate of drug-likeness (QED) is 0.343. The molecule has 32 heavy (non-hydrogen) atoms. The summed E-state index contributed by atoms with van der Waals surface area (Å²) in [5.41, 5.74) is 2.74. The number of ether oxygens (including phenoxy) is 1. The Kier molecular flexibility index (Phi) is 8.25. The van der Waals surface area contributed by atoms with E-state index in [0.29, 0.717) is 19.4 Å². The van der Waals surface area contributed by atoms with E-state index in [1.807, 2.05) is 60.8 Å². The van der Waals surface area contributed by atoms with Gasteiger partial charge in [0.05, 0.1) is 6.42 Å². The second kappa shape index (κ2) is 11.5. The molecule has 0 saturated heterocycles. The molecule has 0 radical (unpaired) electrons. The number of aromatic nitrogens is 1. The lowest BCUT2D eigenvalue weighted by molar-refractivity contribution is -0.139. The monoisotopic (exact) mass is 437 g/mol. The highest BCUT2D eigenvalue weighted by molar-refractivity contribution is 5.88. The van der Waals surface area contributed by atoms with Crippen LogP contribution in [-0.4, -0.2) is 40.6 Å². The predicted octanol–water partition coefficient (Wildman–Crippen LogP) is 3.38. The van der Waals surface area contributed by atoms with E-state index in [1.54, 1.807) is 0 Å². The minimum Gasteiger partial charge on any atom is -0.480 e. The van der Waals surface area contributed by atoms with Crippen LogP contribution in [0.2, 0.25) is 0 Å². The van der Waals surface area contributed by atoms with Gasteiger partial charge in [-0.05, 0) is 36.5 Å². The van der Waals surface area contributed by atoms with Crippen molar-refractivity contribution in [1.29, 1.82) is 0 Å². The third-order valence-electron chi connectivity index (χ3n) is 5.07. The van der Waals surface area contributed by atoms with Crippen LogP contribution in [0.4, 0.5) is 4.79 Å². The summed E-state index contributed by atoms with van der Waals surface area (Å²) in [6, 6.07) is 15.9. The summed E-state index contributed by atoms with van der Waals surface area (Å²) >= 11 is 0. The Morgan fingerprint density at radius 3 is 2.53 bits per heavy atom. The molecule has 0 unspecified atom stereocenters. The van der Waals surface area contributed by atoms with E-state index in [0.717, 1.165) is 22.0 Å². The summed E-state index contributed by atoms with van der Waals surface area (Å²) in [6.07, 6.45) is 2.72. The van der Waals surface area contributed by atoms with Gasteiger partial charge in [-0.3, -0.25) is 4.79 Å². The normalized spacial score (nSPS) is 11.6. The highest BCUT2D eigenvalue weighted by Crippen LogP contribution is 2.17. The van der Waals surface area contributed by atoms with E-state index in [2.05, 4.69) is 15.6 Å². The van der Waals surface area contributed by atoms with Gasteiger partial charge in [-0.25, -0.2) is 9.59 Å². The maximum atomic E-state index is 12.2. The number of unbranched alkanes of at least 4 members (excludes halogenated alkanes) is 1. The Labute approximate surface area is 186 Å². The molecule has 3 rings (SSSR count). The third kappa shape index (κ3) is 6.87. The Hall–Kier alpha value is -3.81. The lowest BCUT2D eigenvalue weighted by atomic mass is 10.1. The molecule has 0 bridgehead atoms. The number of benzene rings is 2. The Morgan fingerprint density at radius 1 is 1.00 bits per heavy atom. The fraction of sp³-hybridized carbons (Fsp3) is 0.292. The van der Waals surface area contributed by atoms with Crippen molar-refractivity contribution in [3.8, 4) is 0 Å². The molecule has 168 valence electrons. The molecule has 0 aliphatic carbocycles. The van der Waals surface area contributed by atoms with Crippen LogP contribution < -0.4 is 10.6 Å². The van der Waals surface area contributed by atoms with E-state index in [4.69, 9.17) is 4.74 Å². The third-order valence-corrected chi connectivity index (χ3v) is 5.07. The zero-order valence-corrected chi connectivity index (χ0v) is 17.7. The van der Waals surface area contributed by atoms with Gasteiger partial charge in [-0.2, -0.15) is 0 Å². The fourth-order valence-electron chi connectivity index (χ4n) is 3.38. The summed E-state index contributed by atoms with van der Waals surface area (Å²) in [7, 11) is 0. The molecule has 4 N–H and O–H groups in total. The zero-order chi connectivity index (χ0) is 22.8. The maximum Gasteiger partial charge on any atom is 0.408 e. The minimum absolute atomic E-state index is 0.0709. The number of rotatable bonds is 11. The van der Waals surface area contributed by atoms with E-state index in [9.17, 15) is 19.5 Å². The molecule has 8 heteroatoms. The van der Waals surface area contributed by atoms with Crippen molar-refractivity contribution in [3.05, 3.63) is 71.9 Å². The van der Waals surface area contributed by atoms with E-state index >= 15 is 0 Å². The summed E-state index contributed by atoms with van der Waals surface area (Å²) in [6.45, 7) is 0.507. The van der Waals surface area contributed by atoms with Gasteiger partial charge < -0.3 is 25.5 Å². The number of carbonyl (C=O) groups is 3. The second-order valence-corrected chi connectivity index (χ2v) is 7.48. The van der Waals surface area contributed by atoms with Gasteiger partial charge in [0.15, 0.2) is 0 Å². The number of hydrogen-bond acceptors (Lipinski definition) is 4. The fourth-order valence-corrected chi connectivity index (χ4v) is 3.38. The standard InChI is InChI=1S/C24H27N3O5/c28-22(14-18-15-26-20-11-5-4-10-19(18)20)25-13-7-6-12-21(23(29)30)27-24(31)32-16-17-8-2-1-3-9-17/h1-5,8-11,15,21,26H,6-7,12-14,16H2,(H,25,28)(H,27,31)(H,29,30)/t21-/m0/s1. The van der Waals surface area contributed by atoms with Crippen molar-refractivity contribution in [2.24, 2.45) is 0 Å². The largest absolute Gasteiger partial charge is 0.480 e. The van der Waals surface area contributed by atoms with Gasteiger partial charge in [0, 0.05) is 23.6 Å². The molecule has 2 aromatic carbocycles. The topological polar surface area (TPSA) is 121 Å². The highest BCUT2D eigenvalue weighted by Gasteiger charge is 2.20. The lowest BCUT2D eigenvalue weighted by Gasteiger charge is -2.14. The number of nitrogens with one attached hydrogen (secondary N) is 3. The van der Waals surface area contributed by atoms with Gasteiger partial charge in [0.25, 0.3) is 0 Å². The number of fused-ring (bicyclic) bond motifs is 1. The van der Waals surface area contributed by atoms with Crippen LogP contribution in [0.3, 0.4) is 0 Å². The molecule has 8 nitrogen and oxygen atoms in total. The Morgan fingerprint density at radius 2 is 1.75 bits per heavy atom. The number of alkyl carbamates (subject to hydrolysis) is 1. The number of aromatic amines is 1. The molecular weight excluding hydrogens is 410 g/mol. The second-order valence-electron chi connectivity index (χ2n) is 7.48. The first-order chi connectivity index (χ1) is 15.5. The number of hydrogen-bond donors (Lipinski definition) is 4. The highest BCUT2D eigenvalue weighted by atomic mass is 16.5. The number of amides is 2. The SMILES string of the molecule is O=C(Cc1c[nH]c2ccccc12)NCCCC[C@H](NC(=O)OCc1ccccc1)C(=O)O. The summed E-state index contributed by atoms with van der Waals surface area (Å²) < 4.78 is 5.08. The molecule has 0 spiro atoms. The molecule has 1 aromatic heterocycles. The average Bonchev–Trinajstić information content (AvgIpc) is 3.20. The van der Waals surface area contributed by atoms with Crippen molar-refractivity contribution >= 4 is 28.9 Å². The summed E-state index contributed by atoms with van der Waals surface area (Å²) in [5, 5.41) is 15.6. The zero-order valence-electron chi connectivity index (χ0n) is 17.7. The Balaban J connectivity index is 1.34. The van der Waals surface area contributed by atoms with Gasteiger partial charge in [0.1, 0.15) is 12.6 Å². The van der Waals surface area contributed by atoms with Crippen LogP contribution in [0.15, 0.2) is 60.8 Å². The van der Waals surface area contributed by atoms with Crippen LogP contribution in [0.25, 0.3) is 10.9 Å². The molecule has 1 heterocycles.